The van der Waals surface area contributed by atoms with Crippen LogP contribution in [0.3, 0.4) is 0 Å². The first-order valence-corrected chi connectivity index (χ1v) is 32.2. The summed E-state index contributed by atoms with van der Waals surface area (Å²) in [6, 6.07) is 13.8. The average molecular weight is 1080 g/mol. The van der Waals surface area contributed by atoms with Crippen molar-refractivity contribution in [3.8, 4) is 24.7 Å². The quantitative estimate of drug-likeness (QED) is 0.0606. The van der Waals surface area contributed by atoms with Gasteiger partial charge in [0.2, 0.25) is 0 Å². The number of hydrogen-bond donors (Lipinski definition) is 4. The Labute approximate surface area is 491 Å². The molecule has 0 aliphatic carbocycles. The molecule has 6 rings (SSSR count). The molecule has 0 aromatic heterocycles. The van der Waals surface area contributed by atoms with E-state index in [4.69, 9.17) is 12.8 Å². The van der Waals surface area contributed by atoms with E-state index >= 15 is 0 Å². The zero-order valence-corrected chi connectivity index (χ0v) is 55.3. The molecule has 0 amide bonds. The van der Waals surface area contributed by atoms with E-state index in [0.29, 0.717) is 11.1 Å². The smallest absolute Gasteiger partial charge is 0.0248 e. The maximum Gasteiger partial charge on any atom is 0.0248 e. The largest absolute Gasteiger partial charge is 0.307 e. The third-order valence-electron chi connectivity index (χ3n) is 16.8. The van der Waals surface area contributed by atoms with Crippen molar-refractivity contribution in [1.82, 2.24) is 21.3 Å². The van der Waals surface area contributed by atoms with Crippen LogP contribution in [0.4, 0.5) is 0 Å². The van der Waals surface area contributed by atoms with Crippen LogP contribution in [0.2, 0.25) is 0 Å². The molecule has 4 heteroatoms. The predicted molar refractivity (Wildman–Crippen MR) is 351 cm³/mol. The van der Waals surface area contributed by atoms with Gasteiger partial charge in [0.25, 0.3) is 0 Å². The maximum atomic E-state index is 5.88. The van der Waals surface area contributed by atoms with Crippen LogP contribution < -0.4 is 21.3 Å². The fourth-order valence-corrected chi connectivity index (χ4v) is 15.8. The third-order valence-corrected chi connectivity index (χ3v) is 16.8. The summed E-state index contributed by atoms with van der Waals surface area (Å²) in [6.07, 6.45) is 48.1. The highest BCUT2D eigenvalue weighted by atomic mass is 15.1. The predicted octanol–water partition coefficient (Wildman–Crippen LogP) is 19.2. The van der Waals surface area contributed by atoms with Crippen LogP contribution >= 0.6 is 0 Å². The first-order valence-electron chi connectivity index (χ1n) is 32.2. The first kappa shape index (κ1) is 70.1. The minimum Gasteiger partial charge on any atom is -0.307 e. The molecule has 4 aliphatic rings. The summed E-state index contributed by atoms with van der Waals surface area (Å²) in [5, 5.41) is 15.0. The number of benzene rings is 2. The third kappa shape index (κ3) is 29.1. The number of allylic oxidation sites excluding steroid dienone is 3. The molecular weight excluding hydrogens is 957 g/mol. The van der Waals surface area contributed by atoms with Crippen molar-refractivity contribution in [2.24, 2.45) is 23.7 Å². The monoisotopic (exact) mass is 1080 g/mol. The second kappa shape index (κ2) is 31.5. The summed E-state index contributed by atoms with van der Waals surface area (Å²) in [5.74, 6) is 8.96. The Bertz CT molecular complexity index is 2060. The summed E-state index contributed by atoms with van der Waals surface area (Å²) in [5.41, 5.74) is 9.79. The number of rotatable bonds is 20. The summed E-state index contributed by atoms with van der Waals surface area (Å²) in [7, 11) is 0. The molecule has 4 nitrogen and oxygen atoms in total. The number of terminal acetylenes is 2. The molecule has 4 heterocycles. The van der Waals surface area contributed by atoms with Crippen molar-refractivity contribution in [3.63, 3.8) is 0 Å². The van der Waals surface area contributed by atoms with E-state index in [9.17, 15) is 0 Å². The second-order valence-corrected chi connectivity index (χ2v) is 31.2. The Kier molecular flexibility index (Phi) is 28.0. The van der Waals surface area contributed by atoms with Gasteiger partial charge in [-0.15, -0.1) is 19.4 Å². The van der Waals surface area contributed by atoms with E-state index in [1.54, 1.807) is 0 Å². The number of nitrogens with one attached hydrogen (secondary N) is 4. The van der Waals surface area contributed by atoms with E-state index in [2.05, 4.69) is 220 Å². The molecule has 4 saturated heterocycles. The topological polar surface area (TPSA) is 48.1 Å². The fraction of sp³-hybridized carbons (Fsp3) is 0.733. The van der Waals surface area contributed by atoms with Gasteiger partial charge in [-0.05, 0) is 297 Å². The molecule has 446 valence electrons. The van der Waals surface area contributed by atoms with Gasteiger partial charge in [-0.25, -0.2) is 0 Å². The highest BCUT2D eigenvalue weighted by Gasteiger charge is 2.40. The van der Waals surface area contributed by atoms with Crippen molar-refractivity contribution in [2.75, 3.05) is 0 Å². The van der Waals surface area contributed by atoms with Gasteiger partial charge in [-0.3, -0.25) is 0 Å². The van der Waals surface area contributed by atoms with Gasteiger partial charge in [-0.1, -0.05) is 101 Å². The molecule has 2 aromatic rings. The lowest BCUT2D eigenvalue weighted by molar-refractivity contribution is 0.123. The molecule has 0 bridgehead atoms. The zero-order chi connectivity index (χ0) is 59.4. The fourth-order valence-electron chi connectivity index (χ4n) is 15.8. The Morgan fingerprint density at radius 2 is 0.772 bits per heavy atom. The van der Waals surface area contributed by atoms with Crippen molar-refractivity contribution in [1.29, 1.82) is 0 Å². The van der Waals surface area contributed by atoms with Crippen molar-refractivity contribution >= 4 is 0 Å². The SMILES string of the molecule is C#Cc1cc(CCCCCCCc2cc(C#C)cc(CCC3CC(C)(C)NC(C)(C)C3)c2)cc(CCC2CC(C)(C)NC(C)(C)C2)c1.C=CCCCC.CC1CC(C)(C)NC(C)(C)C1.CCC/C=C/C1CC(C)(C)NC(C)(C)C1. The van der Waals surface area contributed by atoms with Gasteiger partial charge >= 0.3 is 0 Å². The molecule has 4 aliphatic heterocycles. The van der Waals surface area contributed by atoms with Gasteiger partial charge < -0.3 is 21.3 Å². The molecule has 2 aromatic carbocycles. The highest BCUT2D eigenvalue weighted by Crippen LogP contribution is 2.38. The van der Waals surface area contributed by atoms with Gasteiger partial charge in [0, 0.05) is 55.4 Å². The normalized spacial score (nSPS) is 21.9. The van der Waals surface area contributed by atoms with Gasteiger partial charge in [0.15, 0.2) is 0 Å². The van der Waals surface area contributed by atoms with Crippen molar-refractivity contribution in [2.45, 2.75) is 330 Å². The summed E-state index contributed by atoms with van der Waals surface area (Å²) in [4.78, 5) is 0. The lowest BCUT2D eigenvalue weighted by Gasteiger charge is -2.46. The van der Waals surface area contributed by atoms with E-state index in [1.807, 2.05) is 6.08 Å². The number of hydrogen-bond acceptors (Lipinski definition) is 4. The first-order chi connectivity index (χ1) is 36.6. The van der Waals surface area contributed by atoms with E-state index in [1.165, 1.54) is 151 Å². The molecule has 0 radical (unpaired) electrons. The lowest BCUT2D eigenvalue weighted by atomic mass is 9.74. The molecule has 4 N–H and O–H groups in total. The van der Waals surface area contributed by atoms with Gasteiger partial charge in [-0.2, -0.15) is 0 Å². The van der Waals surface area contributed by atoms with Crippen LogP contribution in [0, 0.1) is 48.4 Å². The summed E-state index contributed by atoms with van der Waals surface area (Å²) in [6.45, 7) is 47.6. The zero-order valence-electron chi connectivity index (χ0n) is 55.3. The lowest BCUT2D eigenvalue weighted by Crippen LogP contribution is -2.57. The van der Waals surface area contributed by atoms with Crippen LogP contribution in [-0.2, 0) is 25.7 Å². The molecule has 0 unspecified atom stereocenters. The number of aryl methyl sites for hydroxylation is 4. The Morgan fingerprint density at radius 3 is 1.08 bits per heavy atom. The Balaban J connectivity index is 0.000000410. The summed E-state index contributed by atoms with van der Waals surface area (Å²) < 4.78 is 0. The van der Waals surface area contributed by atoms with E-state index in [-0.39, 0.29) is 33.2 Å². The van der Waals surface area contributed by atoms with Crippen LogP contribution in [0.25, 0.3) is 0 Å². The average Bonchev–Trinajstić information content (AvgIpc) is 3.29. The van der Waals surface area contributed by atoms with Crippen LogP contribution in [0.1, 0.15) is 293 Å². The molecule has 0 saturated carbocycles. The van der Waals surface area contributed by atoms with Crippen LogP contribution in [0.15, 0.2) is 61.2 Å². The Hall–Kier alpha value is -3.12. The second-order valence-electron chi connectivity index (χ2n) is 31.2. The highest BCUT2D eigenvalue weighted by molar-refractivity contribution is 5.40. The van der Waals surface area contributed by atoms with Crippen molar-refractivity contribution in [3.05, 3.63) is 94.6 Å². The number of piperidine rings is 4. The number of unbranched alkanes of at least 4 members (excludes halogenated alkanes) is 7. The molecule has 79 heavy (non-hydrogen) atoms. The molecule has 4 fully saturated rings. The molecule has 0 atom stereocenters. The minimum absolute atomic E-state index is 0.203. The maximum absolute atomic E-state index is 5.88. The van der Waals surface area contributed by atoms with Gasteiger partial charge in [0.05, 0.1) is 0 Å². The summed E-state index contributed by atoms with van der Waals surface area (Å²) >= 11 is 0. The molecule has 0 spiro atoms. The van der Waals surface area contributed by atoms with E-state index < -0.39 is 0 Å². The van der Waals surface area contributed by atoms with Crippen molar-refractivity contribution < 1.29 is 0 Å². The van der Waals surface area contributed by atoms with Gasteiger partial charge in [0.1, 0.15) is 0 Å². The minimum atomic E-state index is 0.203. The Morgan fingerprint density at radius 1 is 0.443 bits per heavy atom. The standard InChI is InChI=1S/C45H66N2.C14H27N.C10H21N.C6H12/c1-11-34-24-36(28-38(26-34)20-22-40-30-42(3,4)46-43(5,6)31-40)18-16-14-13-15-17-19-37-25-35(12-2)27-39(29-37)21-23-41-32-44(7,8)47-45(9,10)33-41;1-6-7-8-9-12-10-13(2,3)15-14(4,5)11-12;1-8-6-9(2,3)11-10(4,5)7-8;1-3-5-6-4-2/h1-2,24-29,40-41,46-47H,13-23,30-33H2,3-10H3;8-9,12,15H,6-7,10-11H2,1-5H3;8,11H,6-7H2,1-5H3;3H,1,4-6H2,2H3/b;9-8+;;. The van der Waals surface area contributed by atoms with E-state index in [0.717, 1.165) is 60.5 Å². The van der Waals surface area contributed by atoms with Crippen LogP contribution in [0.5, 0.6) is 0 Å². The van der Waals surface area contributed by atoms with Crippen LogP contribution in [-0.4, -0.2) is 44.3 Å². The molecular formula is C75H126N4.